The SMILES string of the molecule is C=N/C(=N\C=C(/C)CNC(=O)CCOCCOCCOCCOCCC)N1CCN(c2ccc(-n3c(=O)n(C)c4cnc5ccc(-c6ccc(OC)nc6)cc5c43)cc2C(F)(F)F)CC1. The van der Waals surface area contributed by atoms with E-state index < -0.39 is 17.4 Å². The molecule has 3 aromatic heterocycles. The number of nitrogens with one attached hydrogen (secondary N) is 1. The third-order valence-electron chi connectivity index (χ3n) is 10.7. The van der Waals surface area contributed by atoms with E-state index in [2.05, 4.69) is 38.9 Å². The molecule has 1 amide bonds. The summed E-state index contributed by atoms with van der Waals surface area (Å²) in [5.41, 5.74) is 2.47. The van der Waals surface area contributed by atoms with Gasteiger partial charge in [-0.2, -0.15) is 13.2 Å². The van der Waals surface area contributed by atoms with Gasteiger partial charge in [-0.3, -0.25) is 18.9 Å². The fraction of sp³-hybridized carbons (Fsp3) is 0.435. The Balaban J connectivity index is 1.05. The molecule has 4 heterocycles. The van der Waals surface area contributed by atoms with Crippen molar-refractivity contribution in [3.05, 3.63) is 88.7 Å². The summed E-state index contributed by atoms with van der Waals surface area (Å²) >= 11 is 0. The number of imidazole rings is 1. The number of pyridine rings is 2. The number of nitrogens with zero attached hydrogens (tertiary/aromatic N) is 8. The monoisotopic (exact) mass is 903 g/mol. The number of fused-ring (bicyclic) bond motifs is 3. The molecule has 1 N–H and O–H groups in total. The molecule has 0 aliphatic carbocycles. The van der Waals surface area contributed by atoms with E-state index >= 15 is 0 Å². The number of alkyl halides is 3. The minimum atomic E-state index is -4.73. The van der Waals surface area contributed by atoms with Crippen molar-refractivity contribution in [2.75, 3.05) is 97.6 Å². The number of rotatable bonds is 21. The summed E-state index contributed by atoms with van der Waals surface area (Å²) in [7, 11) is 3.09. The zero-order chi connectivity index (χ0) is 46.3. The number of aryl methyl sites for hydroxylation is 1. The third kappa shape index (κ3) is 12.6. The van der Waals surface area contributed by atoms with Crippen LogP contribution in [-0.4, -0.2) is 135 Å². The van der Waals surface area contributed by atoms with E-state index in [4.69, 9.17) is 23.7 Å². The van der Waals surface area contributed by atoms with E-state index in [0.29, 0.717) is 86.5 Å². The Kier molecular flexibility index (Phi) is 17.2. The minimum absolute atomic E-state index is 0.00424. The predicted molar refractivity (Wildman–Crippen MR) is 244 cm³/mol. The Morgan fingerprint density at radius 2 is 1.55 bits per heavy atom. The van der Waals surface area contributed by atoms with Crippen LogP contribution in [0.25, 0.3) is 38.8 Å². The van der Waals surface area contributed by atoms with Gasteiger partial charge in [-0.25, -0.2) is 19.8 Å². The summed E-state index contributed by atoms with van der Waals surface area (Å²) in [5.74, 6) is 0.582. The number of benzene rings is 2. The summed E-state index contributed by atoms with van der Waals surface area (Å²) in [6.45, 7) is 12.6. The van der Waals surface area contributed by atoms with Gasteiger partial charge in [0.15, 0.2) is 0 Å². The van der Waals surface area contributed by atoms with Crippen LogP contribution in [0.3, 0.4) is 0 Å². The Hall–Kier alpha value is -6.15. The smallest absolute Gasteiger partial charge is 0.418 e. The summed E-state index contributed by atoms with van der Waals surface area (Å²) in [6, 6.07) is 13.1. The molecule has 1 aliphatic heterocycles. The molecule has 0 atom stereocenters. The van der Waals surface area contributed by atoms with Gasteiger partial charge < -0.3 is 38.8 Å². The molecule has 1 saturated heterocycles. The highest BCUT2D eigenvalue weighted by Crippen LogP contribution is 2.39. The number of carbonyl (C=O) groups is 1. The summed E-state index contributed by atoms with van der Waals surface area (Å²) in [5, 5.41) is 3.42. The molecule has 6 rings (SSSR count). The summed E-state index contributed by atoms with van der Waals surface area (Å²) in [6.07, 6.45) is 1.22. The highest BCUT2D eigenvalue weighted by atomic mass is 19.4. The average Bonchev–Trinajstić information content (AvgIpc) is 3.58. The van der Waals surface area contributed by atoms with Gasteiger partial charge in [-0.1, -0.05) is 13.0 Å². The van der Waals surface area contributed by atoms with Crippen molar-refractivity contribution in [1.82, 2.24) is 29.3 Å². The van der Waals surface area contributed by atoms with Crippen molar-refractivity contribution in [3.8, 4) is 22.7 Å². The second-order valence-electron chi connectivity index (χ2n) is 15.2. The number of piperazine rings is 1. The van der Waals surface area contributed by atoms with Crippen molar-refractivity contribution in [2.45, 2.75) is 32.9 Å². The van der Waals surface area contributed by atoms with Crippen LogP contribution in [0.1, 0.15) is 32.3 Å². The van der Waals surface area contributed by atoms with Crippen LogP contribution in [0.15, 0.2) is 87.5 Å². The van der Waals surface area contributed by atoms with E-state index in [1.807, 2.05) is 30.0 Å². The Morgan fingerprint density at radius 3 is 2.18 bits per heavy atom. The molecule has 0 saturated carbocycles. The van der Waals surface area contributed by atoms with E-state index in [0.717, 1.165) is 35.8 Å². The minimum Gasteiger partial charge on any atom is -0.481 e. The first kappa shape index (κ1) is 48.3. The standard InChI is InChI=1S/C46H56F3N9O7/c1-6-18-62-20-22-64-24-25-65-23-21-63-19-13-41(59)52-28-32(2)29-54-44(50-3)57-16-14-56(15-17-57)39-11-9-35(27-37(39)46(47,48)49)58-43-36-26-33(34-8-12-42(61-5)53-30-34)7-10-38(36)51-31-40(43)55(4)45(58)60/h7-12,26-27,29-31H,3,6,13-25,28H2,1-2,4-5H3,(H,52,59)/b32-29+,54-44+. The second kappa shape index (κ2) is 23.2. The number of guanidine groups is 1. The topological polar surface area (TPSA) is 159 Å². The van der Waals surface area contributed by atoms with Gasteiger partial charge in [0.1, 0.15) is 0 Å². The molecule has 0 bridgehead atoms. The van der Waals surface area contributed by atoms with Gasteiger partial charge in [-0.05, 0) is 67.6 Å². The highest BCUT2D eigenvalue weighted by Gasteiger charge is 2.36. The van der Waals surface area contributed by atoms with Crippen LogP contribution in [0.2, 0.25) is 0 Å². The lowest BCUT2D eigenvalue weighted by Crippen LogP contribution is -2.48. The average molecular weight is 904 g/mol. The van der Waals surface area contributed by atoms with Crippen LogP contribution < -0.4 is 20.6 Å². The van der Waals surface area contributed by atoms with Crippen molar-refractivity contribution in [3.63, 3.8) is 0 Å². The number of halogens is 3. The van der Waals surface area contributed by atoms with Gasteiger partial charge in [0.05, 0.1) is 87.4 Å². The zero-order valence-corrected chi connectivity index (χ0v) is 37.2. The largest absolute Gasteiger partial charge is 0.481 e. The molecule has 5 aromatic rings. The molecular formula is C46H56F3N9O7. The molecule has 0 spiro atoms. The number of aromatic nitrogens is 4. The molecule has 0 radical (unpaired) electrons. The van der Waals surface area contributed by atoms with E-state index in [1.54, 1.807) is 48.7 Å². The number of hydrogen-bond donors (Lipinski definition) is 1. The first-order chi connectivity index (χ1) is 31.4. The lowest BCUT2D eigenvalue weighted by atomic mass is 10.0. The molecule has 348 valence electrons. The molecule has 1 aliphatic rings. The fourth-order valence-electron chi connectivity index (χ4n) is 7.23. The number of methoxy groups -OCH3 is 1. The van der Waals surface area contributed by atoms with Gasteiger partial charge >= 0.3 is 11.9 Å². The molecule has 0 unspecified atom stereocenters. The van der Waals surface area contributed by atoms with Crippen LogP contribution in [-0.2, 0) is 37.0 Å². The highest BCUT2D eigenvalue weighted by molar-refractivity contribution is 6.04. The lowest BCUT2D eigenvalue weighted by molar-refractivity contribution is -0.137. The Labute approximate surface area is 375 Å². The van der Waals surface area contributed by atoms with Crippen molar-refractivity contribution in [2.24, 2.45) is 17.0 Å². The molecular weight excluding hydrogens is 848 g/mol. The number of anilines is 1. The number of amides is 1. The van der Waals surface area contributed by atoms with Gasteiger partial charge in [0, 0.05) is 87.9 Å². The van der Waals surface area contributed by atoms with Crippen LogP contribution in [0.4, 0.5) is 18.9 Å². The molecule has 65 heavy (non-hydrogen) atoms. The van der Waals surface area contributed by atoms with Crippen LogP contribution >= 0.6 is 0 Å². The third-order valence-corrected chi connectivity index (χ3v) is 10.7. The quantitative estimate of drug-likeness (QED) is 0.0521. The summed E-state index contributed by atoms with van der Waals surface area (Å²) in [4.78, 5) is 47.1. The summed E-state index contributed by atoms with van der Waals surface area (Å²) < 4.78 is 74.5. The Bertz CT molecular complexity index is 2510. The Morgan fingerprint density at radius 1 is 0.877 bits per heavy atom. The van der Waals surface area contributed by atoms with Crippen molar-refractivity contribution in [1.29, 1.82) is 0 Å². The van der Waals surface area contributed by atoms with E-state index in [9.17, 15) is 22.8 Å². The lowest BCUT2D eigenvalue weighted by Gasteiger charge is -2.37. The maximum absolute atomic E-state index is 15.0. The van der Waals surface area contributed by atoms with Gasteiger partial charge in [-0.15, -0.1) is 0 Å². The first-order valence-electron chi connectivity index (χ1n) is 21.4. The molecule has 19 heteroatoms. The normalized spacial score (nSPS) is 13.8. The number of ether oxygens (including phenoxy) is 5. The van der Waals surface area contributed by atoms with Crippen LogP contribution in [0, 0.1) is 0 Å². The predicted octanol–water partition coefficient (Wildman–Crippen LogP) is 6.03. The molecule has 2 aromatic carbocycles. The van der Waals surface area contributed by atoms with Crippen molar-refractivity contribution < 1.29 is 41.7 Å². The van der Waals surface area contributed by atoms with Crippen LogP contribution in [0.5, 0.6) is 5.88 Å². The first-order valence-corrected chi connectivity index (χ1v) is 21.4. The number of hydrogen-bond acceptors (Lipinski definition) is 11. The van der Waals surface area contributed by atoms with E-state index in [-0.39, 0.29) is 49.9 Å². The molecule has 1 fully saturated rings. The second-order valence-corrected chi connectivity index (χ2v) is 15.2. The number of carbonyl (C=O) groups excluding carboxylic acids is 1. The van der Waals surface area contributed by atoms with Gasteiger partial charge in [0.2, 0.25) is 17.7 Å². The van der Waals surface area contributed by atoms with Crippen molar-refractivity contribution >= 4 is 46.2 Å². The number of aliphatic imine (C=N–C) groups is 2. The molecule has 16 nitrogen and oxygen atoms in total. The maximum Gasteiger partial charge on any atom is 0.418 e. The maximum atomic E-state index is 15.0. The zero-order valence-electron chi connectivity index (χ0n) is 37.2. The van der Waals surface area contributed by atoms with Gasteiger partial charge in [0.25, 0.3) is 0 Å². The fourth-order valence-corrected chi connectivity index (χ4v) is 7.23. The van der Waals surface area contributed by atoms with E-state index in [1.165, 1.54) is 22.3 Å².